The van der Waals surface area contributed by atoms with Crippen LogP contribution in [0.1, 0.15) is 305 Å². The van der Waals surface area contributed by atoms with Gasteiger partial charge in [-0.05, 0) is 69.6 Å². The van der Waals surface area contributed by atoms with Crippen LogP contribution in [0.5, 0.6) is 0 Å². The molecule has 0 fully saturated rings. The monoisotopic (exact) mass is 996 g/mol. The predicted molar refractivity (Wildman–Crippen MR) is 297 cm³/mol. The number of carbonyl (C=O) groups excluding carboxylic acids is 1. The van der Waals surface area contributed by atoms with Crippen LogP contribution in [-0.4, -0.2) is 56.1 Å². The highest BCUT2D eigenvalue weighted by Gasteiger charge is 2.27. The van der Waals surface area contributed by atoms with E-state index in [1.54, 1.807) is 0 Å². The highest BCUT2D eigenvalue weighted by molar-refractivity contribution is 7.91. The Morgan fingerprint density at radius 1 is 0.371 bits per heavy atom. The smallest absolute Gasteiger partial charge is 0.337 e. The van der Waals surface area contributed by atoms with Gasteiger partial charge >= 0.3 is 5.97 Å². The molecule has 0 aromatic heterocycles. The molecule has 0 atom stereocenters. The van der Waals surface area contributed by atoms with Crippen molar-refractivity contribution in [2.45, 2.75) is 294 Å². The normalized spacial score (nSPS) is 11.7. The summed E-state index contributed by atoms with van der Waals surface area (Å²) in [7, 11) is -4.29. The lowest BCUT2D eigenvalue weighted by Gasteiger charge is -2.40. The Hall–Kier alpha value is -2.71. The maximum absolute atomic E-state index is 12.5. The first-order chi connectivity index (χ1) is 34.1. The van der Waals surface area contributed by atoms with Gasteiger partial charge < -0.3 is 19.5 Å². The zero-order chi connectivity index (χ0) is 51.2. The summed E-state index contributed by atoms with van der Waals surface area (Å²) < 4.78 is 26.5. The summed E-state index contributed by atoms with van der Waals surface area (Å²) in [6.07, 6.45) is 58.7. The largest absolute Gasteiger partial charge is 0.545 e. The van der Waals surface area contributed by atoms with E-state index >= 15 is 0 Å². The van der Waals surface area contributed by atoms with Gasteiger partial charge in [0.05, 0.1) is 47.5 Å². The zero-order valence-corrected chi connectivity index (χ0v) is 46.9. The van der Waals surface area contributed by atoms with Gasteiger partial charge in [0.2, 0.25) is 9.84 Å². The fourth-order valence-electron chi connectivity index (χ4n) is 10.3. The van der Waals surface area contributed by atoms with Crippen molar-refractivity contribution >= 4 is 21.8 Å². The van der Waals surface area contributed by atoms with Crippen LogP contribution in [0.2, 0.25) is 0 Å². The Balaban J connectivity index is 0.000000957. The topological polar surface area (TPSA) is 112 Å². The quantitative estimate of drug-likeness (QED) is 0.0522. The number of nitrogens with zero attached hydrogens (tertiary/aromatic N) is 1. The first-order valence-electron chi connectivity index (χ1n) is 29.8. The number of carbonyl (C=O) groups is 2. The van der Waals surface area contributed by atoms with E-state index in [2.05, 4.69) is 27.7 Å². The van der Waals surface area contributed by atoms with Gasteiger partial charge in [-0.2, -0.15) is 0 Å². The Kier molecular flexibility index (Phi) is 41.9. The number of carboxylic acid groups (broad SMARTS) is 2. The molecule has 0 saturated carbocycles. The molecule has 8 heteroatoms. The third-order valence-electron chi connectivity index (χ3n) is 14.7. The number of unbranched alkanes of at least 4 members (excludes halogenated alkanes) is 36. The van der Waals surface area contributed by atoms with Crippen LogP contribution < -0.4 is 5.11 Å². The van der Waals surface area contributed by atoms with E-state index in [-0.39, 0.29) is 0 Å². The fourth-order valence-corrected chi connectivity index (χ4v) is 11.9. The van der Waals surface area contributed by atoms with Crippen molar-refractivity contribution in [1.82, 2.24) is 0 Å². The number of benzene rings is 2. The van der Waals surface area contributed by atoms with E-state index < -0.39 is 42.7 Å². The van der Waals surface area contributed by atoms with Gasteiger partial charge in [0.15, 0.2) is 0 Å². The van der Waals surface area contributed by atoms with Gasteiger partial charge in [-0.1, -0.05) is 263 Å². The molecule has 0 spiro atoms. The molecule has 0 saturated heterocycles. The van der Waals surface area contributed by atoms with Crippen LogP contribution >= 0.6 is 0 Å². The van der Waals surface area contributed by atoms with E-state index in [0.29, 0.717) is 0 Å². The van der Waals surface area contributed by atoms with E-state index in [9.17, 15) is 23.1 Å². The van der Waals surface area contributed by atoms with Crippen LogP contribution in [-0.2, 0) is 9.84 Å². The lowest BCUT2D eigenvalue weighted by molar-refractivity contribution is -0.929. The van der Waals surface area contributed by atoms with Crippen LogP contribution in [0, 0.1) is 0 Å². The van der Waals surface area contributed by atoms with Crippen LogP contribution in [0.25, 0.3) is 0 Å². The molecule has 0 aliphatic carbocycles. The molecule has 0 radical (unpaired) electrons. The summed E-state index contributed by atoms with van der Waals surface area (Å²) in [5.41, 5.74) is -0.941. The molecule has 0 heterocycles. The number of sulfone groups is 1. The maximum Gasteiger partial charge on any atom is 0.337 e. The summed E-state index contributed by atoms with van der Waals surface area (Å²) in [5, 5.41) is 20.1. The van der Waals surface area contributed by atoms with E-state index in [4.69, 9.17) is 5.11 Å². The molecule has 0 unspecified atom stereocenters. The lowest BCUT2D eigenvalue weighted by Crippen LogP contribution is -2.50. The van der Waals surface area contributed by atoms with Crippen molar-refractivity contribution in [3.8, 4) is 0 Å². The fraction of sp³-hybridized carbons (Fsp3) is 0.774. The molecular weight excluding hydrogens is 887 g/mol. The maximum atomic E-state index is 12.5. The Morgan fingerprint density at radius 3 is 0.829 bits per heavy atom. The second-order valence-electron chi connectivity index (χ2n) is 21.1. The first-order valence-corrected chi connectivity index (χ1v) is 31.3. The van der Waals surface area contributed by atoms with Crippen molar-refractivity contribution < 1.29 is 32.7 Å². The molecule has 0 amide bonds. The summed E-state index contributed by atoms with van der Waals surface area (Å²) in [6.45, 7) is 15.3. The molecule has 1 N–H and O–H groups in total. The molecule has 2 rings (SSSR count). The van der Waals surface area contributed by atoms with Crippen molar-refractivity contribution in [2.24, 2.45) is 0 Å². The van der Waals surface area contributed by atoms with Gasteiger partial charge in [-0.25, -0.2) is 13.2 Å². The number of quaternary nitrogens is 1. The molecular formula is C62H109NO6S. The van der Waals surface area contributed by atoms with E-state index in [1.807, 2.05) is 0 Å². The number of hydrogen-bond acceptors (Lipinski definition) is 5. The minimum Gasteiger partial charge on any atom is -0.545 e. The summed E-state index contributed by atoms with van der Waals surface area (Å²) >= 11 is 0. The molecule has 2 aromatic carbocycles. The zero-order valence-electron chi connectivity index (χ0n) is 46.1. The summed E-state index contributed by atoms with van der Waals surface area (Å²) in [5.74, 6) is -3.07. The molecule has 404 valence electrons. The second kappa shape index (κ2) is 44.9. The standard InChI is InChI=1S/C48H100N.C14H10O6S/c1-5-9-13-17-21-25-29-33-37-41-45-49(46-42-38-34-30-26-22-18-14-10-6-2,47-43-39-35-31-27-23-19-15-11-7-3)48-44-40-36-32-28-24-20-16-12-8-4;15-13(16)9-5-1-3-7-11(9)21(19,20)12-8-4-2-6-10(12)14(17)18/h5-48H2,1-4H3;1-8H,(H,15,16)(H,17,18)/q+1;/p-1. The van der Waals surface area contributed by atoms with Crippen molar-refractivity contribution in [3.63, 3.8) is 0 Å². The number of rotatable bonds is 48. The number of carboxylic acids is 2. The molecule has 0 aliphatic heterocycles. The molecule has 2 aromatic rings. The summed E-state index contributed by atoms with van der Waals surface area (Å²) in [4.78, 5) is 21.2. The Labute approximate surface area is 432 Å². The molecule has 70 heavy (non-hydrogen) atoms. The molecule has 0 bridgehead atoms. The highest BCUT2D eigenvalue weighted by Crippen LogP contribution is 2.27. The Bertz CT molecular complexity index is 1480. The first kappa shape index (κ1) is 65.3. The minimum absolute atomic E-state index is 0.425. The average molecular weight is 997 g/mol. The SMILES string of the molecule is CCCCCCCCCCCC[N+](CCCCCCCCCCCC)(CCCCCCCCCCCC)CCCCCCCCCCCC.O=C([O-])c1ccccc1S(=O)(=O)c1ccccc1C(=O)O. The van der Waals surface area contributed by atoms with Crippen LogP contribution in [0.15, 0.2) is 58.3 Å². The van der Waals surface area contributed by atoms with Crippen LogP contribution in [0.3, 0.4) is 0 Å². The Morgan fingerprint density at radius 2 is 0.586 bits per heavy atom. The van der Waals surface area contributed by atoms with Crippen LogP contribution in [0.4, 0.5) is 0 Å². The predicted octanol–water partition coefficient (Wildman–Crippen LogP) is 18.1. The van der Waals surface area contributed by atoms with Gasteiger partial charge in [-0.15, -0.1) is 0 Å². The van der Waals surface area contributed by atoms with E-state index in [0.717, 1.165) is 24.3 Å². The van der Waals surface area contributed by atoms with Crippen molar-refractivity contribution in [3.05, 3.63) is 59.7 Å². The molecule has 0 aliphatic rings. The van der Waals surface area contributed by atoms with Gasteiger partial charge in [0.25, 0.3) is 0 Å². The summed E-state index contributed by atoms with van der Waals surface area (Å²) in [6, 6.07) is 9.89. The average Bonchev–Trinajstić information content (AvgIpc) is 3.36. The van der Waals surface area contributed by atoms with Gasteiger partial charge in [-0.3, -0.25) is 0 Å². The minimum atomic E-state index is -4.29. The second-order valence-corrected chi connectivity index (χ2v) is 22.9. The van der Waals surface area contributed by atoms with Gasteiger partial charge in [0.1, 0.15) is 0 Å². The number of hydrogen-bond donors (Lipinski definition) is 1. The number of aromatic carboxylic acids is 2. The molecule has 7 nitrogen and oxygen atoms in total. The van der Waals surface area contributed by atoms with Crippen molar-refractivity contribution in [2.75, 3.05) is 26.2 Å². The van der Waals surface area contributed by atoms with Gasteiger partial charge in [0, 0.05) is 5.56 Å². The lowest BCUT2D eigenvalue weighted by atomic mass is 10.0. The third kappa shape index (κ3) is 32.4. The highest BCUT2D eigenvalue weighted by atomic mass is 32.2. The van der Waals surface area contributed by atoms with E-state index in [1.165, 1.54) is 312 Å². The van der Waals surface area contributed by atoms with Crippen molar-refractivity contribution in [1.29, 1.82) is 0 Å². The third-order valence-corrected chi connectivity index (χ3v) is 16.6.